The van der Waals surface area contributed by atoms with Gasteiger partial charge in [0.1, 0.15) is 5.69 Å². The van der Waals surface area contributed by atoms with Crippen LogP contribution < -0.4 is 0 Å². The SMILES string of the molecule is Cc1c(Cl)ccc2c(Cl)cc(C(F)F)nc12. The van der Waals surface area contributed by atoms with Crippen molar-refractivity contribution in [3.63, 3.8) is 0 Å². The van der Waals surface area contributed by atoms with E-state index < -0.39 is 6.43 Å². The van der Waals surface area contributed by atoms with Crippen molar-refractivity contribution in [3.8, 4) is 0 Å². The molecule has 0 saturated carbocycles. The molecule has 1 aromatic carbocycles. The lowest BCUT2D eigenvalue weighted by atomic mass is 10.1. The van der Waals surface area contributed by atoms with Gasteiger partial charge in [0.2, 0.25) is 0 Å². The fourth-order valence-electron chi connectivity index (χ4n) is 1.49. The van der Waals surface area contributed by atoms with Gasteiger partial charge in [0, 0.05) is 10.4 Å². The smallest absolute Gasteiger partial charge is 0.246 e. The zero-order chi connectivity index (χ0) is 11.9. The monoisotopic (exact) mass is 261 g/mol. The first-order valence-electron chi connectivity index (χ1n) is 4.54. The van der Waals surface area contributed by atoms with E-state index >= 15 is 0 Å². The molecule has 84 valence electrons. The molecule has 0 spiro atoms. The Morgan fingerprint density at radius 1 is 1.19 bits per heavy atom. The number of fused-ring (bicyclic) bond motifs is 1. The van der Waals surface area contributed by atoms with Crippen molar-refractivity contribution in [1.82, 2.24) is 4.98 Å². The van der Waals surface area contributed by atoms with Crippen LogP contribution in [0.2, 0.25) is 10.0 Å². The largest absolute Gasteiger partial charge is 0.280 e. The van der Waals surface area contributed by atoms with Gasteiger partial charge in [-0.25, -0.2) is 13.8 Å². The molecule has 0 N–H and O–H groups in total. The Kier molecular flexibility index (Phi) is 3.00. The van der Waals surface area contributed by atoms with Crippen LogP contribution in [0.3, 0.4) is 0 Å². The van der Waals surface area contributed by atoms with Crippen LogP contribution in [0.15, 0.2) is 18.2 Å². The number of aromatic nitrogens is 1. The van der Waals surface area contributed by atoms with Crippen molar-refractivity contribution in [2.75, 3.05) is 0 Å². The summed E-state index contributed by atoms with van der Waals surface area (Å²) in [4.78, 5) is 3.88. The first kappa shape index (κ1) is 11.6. The van der Waals surface area contributed by atoms with Gasteiger partial charge < -0.3 is 0 Å². The maximum atomic E-state index is 12.6. The van der Waals surface area contributed by atoms with Crippen LogP contribution in [0.5, 0.6) is 0 Å². The Bertz CT molecular complexity index is 555. The summed E-state index contributed by atoms with van der Waals surface area (Å²) in [6.07, 6.45) is -2.64. The third-order valence-corrected chi connectivity index (χ3v) is 3.08. The fraction of sp³-hybridized carbons (Fsp3) is 0.182. The predicted octanol–water partition coefficient (Wildman–Crippen LogP) is 4.79. The average Bonchev–Trinajstić information content (AvgIpc) is 2.23. The Morgan fingerprint density at radius 2 is 1.88 bits per heavy atom. The first-order valence-corrected chi connectivity index (χ1v) is 5.29. The summed E-state index contributed by atoms with van der Waals surface area (Å²) in [5.41, 5.74) is 0.752. The van der Waals surface area contributed by atoms with Gasteiger partial charge in [0.05, 0.1) is 10.5 Å². The molecule has 0 aliphatic rings. The number of aryl methyl sites for hydroxylation is 1. The highest BCUT2D eigenvalue weighted by Crippen LogP contribution is 2.31. The highest BCUT2D eigenvalue weighted by Gasteiger charge is 2.14. The molecule has 0 bridgehead atoms. The Labute approximate surface area is 101 Å². The molecule has 1 heterocycles. The quantitative estimate of drug-likeness (QED) is 0.720. The van der Waals surface area contributed by atoms with Crippen molar-refractivity contribution in [2.24, 2.45) is 0 Å². The molecule has 0 atom stereocenters. The number of hydrogen-bond acceptors (Lipinski definition) is 1. The predicted molar refractivity (Wildman–Crippen MR) is 61.5 cm³/mol. The van der Waals surface area contributed by atoms with E-state index in [1.807, 2.05) is 0 Å². The van der Waals surface area contributed by atoms with Crippen molar-refractivity contribution in [2.45, 2.75) is 13.3 Å². The van der Waals surface area contributed by atoms with Crippen LogP contribution in [-0.4, -0.2) is 4.98 Å². The van der Waals surface area contributed by atoms with Gasteiger partial charge in [0.15, 0.2) is 0 Å². The molecule has 0 aliphatic carbocycles. The van der Waals surface area contributed by atoms with E-state index in [1.165, 1.54) is 6.07 Å². The summed E-state index contributed by atoms with van der Waals surface area (Å²) in [7, 11) is 0. The zero-order valence-corrected chi connectivity index (χ0v) is 9.78. The Hall–Kier alpha value is -0.930. The van der Waals surface area contributed by atoms with Crippen molar-refractivity contribution < 1.29 is 8.78 Å². The second-order valence-electron chi connectivity index (χ2n) is 3.40. The maximum absolute atomic E-state index is 12.6. The third-order valence-electron chi connectivity index (χ3n) is 2.36. The molecule has 0 unspecified atom stereocenters. The topological polar surface area (TPSA) is 12.9 Å². The minimum Gasteiger partial charge on any atom is -0.246 e. The Balaban J connectivity index is 2.83. The van der Waals surface area contributed by atoms with Gasteiger partial charge in [-0.2, -0.15) is 0 Å². The molecule has 0 amide bonds. The number of hydrogen-bond donors (Lipinski definition) is 0. The number of pyridine rings is 1. The molecule has 0 radical (unpaired) electrons. The summed E-state index contributed by atoms with van der Waals surface area (Å²) >= 11 is 11.8. The molecule has 1 nitrogen and oxygen atoms in total. The van der Waals surface area contributed by atoms with E-state index in [9.17, 15) is 8.78 Å². The van der Waals surface area contributed by atoms with Crippen LogP contribution in [0.25, 0.3) is 10.9 Å². The van der Waals surface area contributed by atoms with E-state index in [0.717, 1.165) is 0 Å². The van der Waals surface area contributed by atoms with Gasteiger partial charge in [-0.1, -0.05) is 23.2 Å². The van der Waals surface area contributed by atoms with Crippen LogP contribution in [0.1, 0.15) is 17.7 Å². The average molecular weight is 262 g/mol. The molecule has 0 saturated heterocycles. The van der Waals surface area contributed by atoms with Gasteiger partial charge in [-0.3, -0.25) is 0 Å². The minimum atomic E-state index is -2.64. The van der Waals surface area contributed by atoms with Crippen molar-refractivity contribution in [1.29, 1.82) is 0 Å². The first-order chi connectivity index (χ1) is 7.50. The molecule has 16 heavy (non-hydrogen) atoms. The summed E-state index contributed by atoms with van der Waals surface area (Å²) in [6, 6.07) is 4.53. The van der Waals surface area contributed by atoms with Crippen LogP contribution in [0.4, 0.5) is 8.78 Å². The maximum Gasteiger partial charge on any atom is 0.280 e. The van der Waals surface area contributed by atoms with Crippen molar-refractivity contribution >= 4 is 34.1 Å². The zero-order valence-electron chi connectivity index (χ0n) is 8.27. The van der Waals surface area contributed by atoms with Crippen molar-refractivity contribution in [3.05, 3.63) is 39.5 Å². The molecular formula is C11H7Cl2F2N. The van der Waals surface area contributed by atoms with E-state index in [4.69, 9.17) is 23.2 Å². The van der Waals surface area contributed by atoms with Crippen LogP contribution in [0, 0.1) is 6.92 Å². The van der Waals surface area contributed by atoms with Crippen LogP contribution in [-0.2, 0) is 0 Å². The second kappa shape index (κ2) is 4.15. The van der Waals surface area contributed by atoms with E-state index in [2.05, 4.69) is 4.98 Å². The van der Waals surface area contributed by atoms with Gasteiger partial charge in [-0.05, 0) is 30.7 Å². The number of halogens is 4. The number of nitrogens with zero attached hydrogens (tertiary/aromatic N) is 1. The summed E-state index contributed by atoms with van der Waals surface area (Å²) in [5.74, 6) is 0. The third kappa shape index (κ3) is 1.85. The van der Waals surface area contributed by atoms with E-state index in [-0.39, 0.29) is 10.7 Å². The summed E-state index contributed by atoms with van der Waals surface area (Å²) < 4.78 is 25.1. The lowest BCUT2D eigenvalue weighted by molar-refractivity contribution is 0.146. The van der Waals surface area contributed by atoms with E-state index in [0.29, 0.717) is 21.5 Å². The molecule has 0 aliphatic heterocycles. The lowest BCUT2D eigenvalue weighted by Gasteiger charge is -2.07. The highest BCUT2D eigenvalue weighted by molar-refractivity contribution is 6.36. The molecule has 5 heteroatoms. The normalized spacial score (nSPS) is 11.4. The Morgan fingerprint density at radius 3 is 2.50 bits per heavy atom. The molecular weight excluding hydrogens is 255 g/mol. The number of alkyl halides is 2. The summed E-state index contributed by atoms with van der Waals surface area (Å²) in [5, 5.41) is 1.38. The molecule has 2 aromatic rings. The van der Waals surface area contributed by atoms with Gasteiger partial charge in [-0.15, -0.1) is 0 Å². The number of rotatable bonds is 1. The second-order valence-corrected chi connectivity index (χ2v) is 4.21. The van der Waals surface area contributed by atoms with E-state index in [1.54, 1.807) is 19.1 Å². The lowest BCUT2D eigenvalue weighted by Crippen LogP contribution is -1.93. The minimum absolute atomic E-state index is 0.264. The standard InChI is InChI=1S/C11H7Cl2F2N/c1-5-7(12)3-2-6-8(13)4-9(11(14)15)16-10(5)6/h2-4,11H,1H3. The molecule has 1 aromatic heterocycles. The number of benzene rings is 1. The highest BCUT2D eigenvalue weighted by atomic mass is 35.5. The molecule has 2 rings (SSSR count). The van der Waals surface area contributed by atoms with Gasteiger partial charge in [0.25, 0.3) is 6.43 Å². The summed E-state index contributed by atoms with van der Waals surface area (Å²) in [6.45, 7) is 1.73. The molecule has 0 fully saturated rings. The fourth-order valence-corrected chi connectivity index (χ4v) is 1.91. The van der Waals surface area contributed by atoms with Crippen LogP contribution >= 0.6 is 23.2 Å². The van der Waals surface area contributed by atoms with Gasteiger partial charge >= 0.3 is 0 Å².